The van der Waals surface area contributed by atoms with Crippen LogP contribution in [-0.2, 0) is 6.61 Å². The van der Waals surface area contributed by atoms with E-state index in [1.807, 2.05) is 43.3 Å². The highest BCUT2D eigenvalue weighted by molar-refractivity contribution is 6.31. The van der Waals surface area contributed by atoms with Crippen LogP contribution in [0.15, 0.2) is 53.9 Å². The molecular weight excluding hydrogens is 404 g/mol. The first-order chi connectivity index (χ1) is 14.5. The van der Waals surface area contributed by atoms with Crippen molar-refractivity contribution in [1.29, 1.82) is 5.26 Å². The number of hydrogen-bond acceptors (Lipinski definition) is 6. The molecule has 30 heavy (non-hydrogen) atoms. The second-order valence-electron chi connectivity index (χ2n) is 6.78. The molecule has 1 aromatic heterocycles. The van der Waals surface area contributed by atoms with Gasteiger partial charge in [0.05, 0.1) is 13.0 Å². The smallest absolute Gasteiger partial charge is 0.244 e. The zero-order chi connectivity index (χ0) is 21.3. The Morgan fingerprint density at radius 1 is 1.27 bits per heavy atom. The highest BCUT2D eigenvalue weighted by Gasteiger charge is 2.34. The van der Waals surface area contributed by atoms with E-state index >= 15 is 0 Å². The number of methoxy groups -OCH3 is 1. The lowest BCUT2D eigenvalue weighted by Gasteiger charge is -2.24. The van der Waals surface area contributed by atoms with E-state index in [4.69, 9.17) is 31.5 Å². The van der Waals surface area contributed by atoms with Gasteiger partial charge in [-0.1, -0.05) is 35.9 Å². The van der Waals surface area contributed by atoms with E-state index in [2.05, 4.69) is 16.3 Å². The molecule has 3 aromatic rings. The predicted molar refractivity (Wildman–Crippen MR) is 111 cm³/mol. The van der Waals surface area contributed by atoms with E-state index in [0.29, 0.717) is 34.6 Å². The molecule has 3 N–H and O–H groups in total. The predicted octanol–water partition coefficient (Wildman–Crippen LogP) is 4.18. The number of H-pyrrole nitrogens is 1. The van der Waals surface area contributed by atoms with E-state index in [1.54, 1.807) is 13.2 Å². The first-order valence-electron chi connectivity index (χ1n) is 9.20. The maximum atomic E-state index is 9.70. The molecule has 1 unspecified atom stereocenters. The standard InChI is InChI=1S/C22H19ClN4O3/c1-12-19-20(15(10-24)21(25)30-22(19)27-26-12)13-7-8-17(18(9-13)28-2)29-11-14-5-3-4-6-16(14)23/h3-9,20H,11,25H2,1-2H3,(H,26,27). The number of fused-ring (bicyclic) bond motifs is 1. The molecule has 0 aliphatic carbocycles. The highest BCUT2D eigenvalue weighted by atomic mass is 35.5. The van der Waals surface area contributed by atoms with Crippen molar-refractivity contribution >= 4 is 11.6 Å². The van der Waals surface area contributed by atoms with Crippen LogP contribution in [0.5, 0.6) is 17.4 Å². The van der Waals surface area contributed by atoms with Crippen molar-refractivity contribution in [3.8, 4) is 23.4 Å². The van der Waals surface area contributed by atoms with Crippen LogP contribution in [0.3, 0.4) is 0 Å². The monoisotopic (exact) mass is 422 g/mol. The lowest BCUT2D eigenvalue weighted by atomic mass is 9.84. The Hall–Kier alpha value is -3.63. The quantitative estimate of drug-likeness (QED) is 0.638. The third-order valence-electron chi connectivity index (χ3n) is 4.99. The van der Waals surface area contributed by atoms with Crippen molar-refractivity contribution in [3.05, 3.63) is 81.3 Å². The molecule has 0 saturated heterocycles. The van der Waals surface area contributed by atoms with Gasteiger partial charge in [-0.2, -0.15) is 5.26 Å². The van der Waals surface area contributed by atoms with Gasteiger partial charge in [-0.3, -0.25) is 5.10 Å². The molecular formula is C22H19ClN4O3. The third kappa shape index (κ3) is 3.42. The molecule has 2 aromatic carbocycles. The molecule has 0 spiro atoms. The second kappa shape index (κ2) is 8.01. The molecule has 152 valence electrons. The number of halogens is 1. The molecule has 1 atom stereocenters. The summed E-state index contributed by atoms with van der Waals surface area (Å²) in [6.07, 6.45) is 0. The van der Waals surface area contributed by atoms with Gasteiger partial charge >= 0.3 is 0 Å². The van der Waals surface area contributed by atoms with E-state index in [0.717, 1.165) is 22.4 Å². The average Bonchev–Trinajstić information content (AvgIpc) is 3.12. The molecule has 0 bridgehead atoms. The van der Waals surface area contributed by atoms with Crippen molar-refractivity contribution in [1.82, 2.24) is 10.2 Å². The Morgan fingerprint density at radius 2 is 2.07 bits per heavy atom. The summed E-state index contributed by atoms with van der Waals surface area (Å²) in [5.41, 5.74) is 9.55. The van der Waals surface area contributed by atoms with Crippen molar-refractivity contribution in [2.24, 2.45) is 5.73 Å². The van der Waals surface area contributed by atoms with E-state index < -0.39 is 5.92 Å². The van der Waals surface area contributed by atoms with Crippen LogP contribution < -0.4 is 19.9 Å². The Kier molecular flexibility index (Phi) is 5.25. The van der Waals surface area contributed by atoms with Gasteiger partial charge in [-0.05, 0) is 30.7 Å². The van der Waals surface area contributed by atoms with Crippen LogP contribution in [0.4, 0.5) is 0 Å². The Morgan fingerprint density at radius 3 is 2.80 bits per heavy atom. The minimum Gasteiger partial charge on any atom is -0.493 e. The topological polar surface area (TPSA) is 106 Å². The molecule has 1 aliphatic rings. The van der Waals surface area contributed by atoms with Crippen molar-refractivity contribution < 1.29 is 14.2 Å². The maximum absolute atomic E-state index is 9.70. The number of benzene rings is 2. The number of aryl methyl sites for hydroxylation is 1. The normalized spacial score (nSPS) is 15.2. The summed E-state index contributed by atoms with van der Waals surface area (Å²) < 4.78 is 17.0. The molecule has 8 heteroatoms. The van der Waals surface area contributed by atoms with Crippen molar-refractivity contribution in [2.75, 3.05) is 7.11 Å². The molecule has 0 saturated carbocycles. The van der Waals surface area contributed by atoms with Gasteiger partial charge in [0.2, 0.25) is 11.8 Å². The first kappa shape index (κ1) is 19.7. The first-order valence-corrected chi connectivity index (χ1v) is 9.57. The number of nitrogens with zero attached hydrogens (tertiary/aromatic N) is 2. The summed E-state index contributed by atoms with van der Waals surface area (Å²) in [4.78, 5) is 0. The zero-order valence-electron chi connectivity index (χ0n) is 16.4. The van der Waals surface area contributed by atoms with Crippen LogP contribution in [0.2, 0.25) is 5.02 Å². The number of ether oxygens (including phenoxy) is 3. The average molecular weight is 423 g/mol. The summed E-state index contributed by atoms with van der Waals surface area (Å²) in [6, 6.07) is 15.2. The third-order valence-corrected chi connectivity index (χ3v) is 5.36. The molecule has 2 heterocycles. The van der Waals surface area contributed by atoms with E-state index in [-0.39, 0.29) is 5.88 Å². The van der Waals surface area contributed by atoms with Gasteiger partial charge in [-0.25, -0.2) is 0 Å². The molecule has 4 rings (SSSR count). The van der Waals surface area contributed by atoms with E-state index in [1.165, 1.54) is 0 Å². The summed E-state index contributed by atoms with van der Waals surface area (Å²) in [7, 11) is 1.56. The van der Waals surface area contributed by atoms with Crippen molar-refractivity contribution in [2.45, 2.75) is 19.4 Å². The van der Waals surface area contributed by atoms with Crippen LogP contribution in [0.1, 0.15) is 28.3 Å². The minimum absolute atomic E-state index is 0.0412. The van der Waals surface area contributed by atoms with Crippen LogP contribution in [0, 0.1) is 18.3 Å². The summed E-state index contributed by atoms with van der Waals surface area (Å²) >= 11 is 6.21. The van der Waals surface area contributed by atoms with Crippen LogP contribution in [-0.4, -0.2) is 17.3 Å². The number of nitrogens with one attached hydrogen (secondary N) is 1. The number of aromatic nitrogens is 2. The molecule has 1 aliphatic heterocycles. The van der Waals surface area contributed by atoms with Gasteiger partial charge in [0, 0.05) is 21.8 Å². The Labute approximate surface area is 178 Å². The fourth-order valence-corrected chi connectivity index (χ4v) is 3.68. The Balaban J connectivity index is 1.70. The van der Waals surface area contributed by atoms with Crippen molar-refractivity contribution in [3.63, 3.8) is 0 Å². The van der Waals surface area contributed by atoms with Gasteiger partial charge < -0.3 is 19.9 Å². The highest BCUT2D eigenvalue weighted by Crippen LogP contribution is 2.44. The number of aromatic amines is 1. The maximum Gasteiger partial charge on any atom is 0.244 e. The van der Waals surface area contributed by atoms with Gasteiger partial charge in [0.25, 0.3) is 0 Å². The summed E-state index contributed by atoms with van der Waals surface area (Å²) in [5, 5.41) is 17.4. The van der Waals surface area contributed by atoms with Gasteiger partial charge in [0.15, 0.2) is 11.5 Å². The van der Waals surface area contributed by atoms with E-state index in [9.17, 15) is 5.26 Å². The lowest BCUT2D eigenvalue weighted by molar-refractivity contribution is 0.284. The fraction of sp³-hybridized carbons (Fsp3) is 0.182. The summed E-state index contributed by atoms with van der Waals surface area (Å²) in [5.74, 6) is 1.08. The zero-order valence-corrected chi connectivity index (χ0v) is 17.2. The molecule has 0 amide bonds. The molecule has 7 nitrogen and oxygen atoms in total. The molecule has 0 fully saturated rings. The Bertz CT molecular complexity index is 1180. The van der Waals surface area contributed by atoms with Crippen LogP contribution in [0.25, 0.3) is 0 Å². The van der Waals surface area contributed by atoms with Crippen LogP contribution >= 0.6 is 11.6 Å². The van der Waals surface area contributed by atoms with Gasteiger partial charge in [0.1, 0.15) is 18.2 Å². The number of rotatable bonds is 5. The molecule has 0 radical (unpaired) electrons. The van der Waals surface area contributed by atoms with Gasteiger partial charge in [-0.15, -0.1) is 5.10 Å². The second-order valence-corrected chi connectivity index (χ2v) is 7.19. The number of allylic oxidation sites excluding steroid dienone is 1. The number of nitriles is 1. The largest absolute Gasteiger partial charge is 0.493 e. The summed E-state index contributed by atoms with van der Waals surface area (Å²) in [6.45, 7) is 2.17. The SMILES string of the molecule is COc1cc(C2C(C#N)=C(N)Oc3n[nH]c(C)c32)ccc1OCc1ccccc1Cl. The fourth-order valence-electron chi connectivity index (χ4n) is 3.49. The minimum atomic E-state index is -0.427. The lowest BCUT2D eigenvalue weighted by Crippen LogP contribution is -2.21. The number of hydrogen-bond donors (Lipinski definition) is 2. The number of nitrogens with two attached hydrogens (primary N) is 1.